The molecule has 3 aromatic rings. The summed E-state index contributed by atoms with van der Waals surface area (Å²) in [5.41, 5.74) is 5.81. The van der Waals surface area contributed by atoms with Crippen LogP contribution in [0.4, 0.5) is 15.8 Å². The number of halogens is 1. The molecule has 0 bridgehead atoms. The molecule has 1 aliphatic rings. The Balaban J connectivity index is 1.87. The van der Waals surface area contributed by atoms with Crippen molar-refractivity contribution in [1.82, 2.24) is 4.90 Å². The molecule has 0 saturated carbocycles. The van der Waals surface area contributed by atoms with Gasteiger partial charge in [0.25, 0.3) is 0 Å². The molecule has 4 rings (SSSR count). The number of anilines is 1. The van der Waals surface area contributed by atoms with Gasteiger partial charge in [0.15, 0.2) is 0 Å². The average molecular weight is 439 g/mol. The van der Waals surface area contributed by atoms with E-state index in [-0.39, 0.29) is 5.82 Å². The molecule has 0 fully saturated rings. The van der Waals surface area contributed by atoms with Crippen molar-refractivity contribution in [3.8, 4) is 0 Å². The van der Waals surface area contributed by atoms with E-state index < -0.39 is 0 Å². The quantitative estimate of drug-likeness (QED) is 0.362. The molecule has 1 heterocycles. The van der Waals surface area contributed by atoms with Crippen molar-refractivity contribution in [3.05, 3.63) is 119 Å². The van der Waals surface area contributed by atoms with Gasteiger partial charge in [-0.25, -0.2) is 9.38 Å². The fraction of sp³-hybridized carbons (Fsp3) is 0.143. The molecule has 5 heteroatoms. The lowest BCUT2D eigenvalue weighted by Gasteiger charge is -2.26. The van der Waals surface area contributed by atoms with E-state index in [0.29, 0.717) is 18.3 Å². The van der Waals surface area contributed by atoms with Crippen molar-refractivity contribution >= 4 is 23.2 Å². The van der Waals surface area contributed by atoms with Gasteiger partial charge in [0.05, 0.1) is 5.69 Å². The van der Waals surface area contributed by atoms with Crippen LogP contribution in [0.5, 0.6) is 0 Å². The molecule has 0 atom stereocenters. The summed E-state index contributed by atoms with van der Waals surface area (Å²) in [6, 6.07) is 22.3. The fourth-order valence-corrected chi connectivity index (χ4v) is 3.71. The summed E-state index contributed by atoms with van der Waals surface area (Å²) in [6.07, 6.45) is 6.17. The minimum absolute atomic E-state index is 0.279. The zero-order valence-corrected chi connectivity index (χ0v) is 19.1. The van der Waals surface area contributed by atoms with Gasteiger partial charge in [0.2, 0.25) is 5.96 Å². The number of guanidine groups is 1. The summed E-state index contributed by atoms with van der Waals surface area (Å²) in [7, 11) is 0. The monoisotopic (exact) mass is 438 g/mol. The second-order valence-electron chi connectivity index (χ2n) is 7.95. The molecular weight excluding hydrogens is 411 g/mol. The summed E-state index contributed by atoms with van der Waals surface area (Å²) in [5, 5.41) is 3.41. The van der Waals surface area contributed by atoms with Crippen molar-refractivity contribution in [3.63, 3.8) is 0 Å². The Morgan fingerprint density at radius 1 is 0.879 bits per heavy atom. The topological polar surface area (TPSA) is 40.0 Å². The lowest BCUT2D eigenvalue weighted by molar-refractivity contribution is 0.557. The van der Waals surface area contributed by atoms with Crippen molar-refractivity contribution in [2.75, 3.05) is 11.9 Å². The highest BCUT2D eigenvalue weighted by molar-refractivity contribution is 6.14. The molecule has 4 nitrogen and oxygen atoms in total. The van der Waals surface area contributed by atoms with E-state index in [1.807, 2.05) is 55.5 Å². The van der Waals surface area contributed by atoms with Crippen LogP contribution in [0.25, 0.3) is 0 Å². The number of aryl methyl sites for hydroxylation is 2. The number of nitrogens with one attached hydrogen (secondary N) is 1. The number of para-hydroxylation sites is 1. The lowest BCUT2D eigenvalue weighted by atomic mass is 10.0. The van der Waals surface area contributed by atoms with Crippen molar-refractivity contribution < 1.29 is 4.39 Å². The first-order valence-corrected chi connectivity index (χ1v) is 10.9. The van der Waals surface area contributed by atoms with E-state index in [2.05, 4.69) is 42.3 Å². The number of amidine groups is 1. The molecule has 0 amide bonds. The Morgan fingerprint density at radius 2 is 1.58 bits per heavy atom. The van der Waals surface area contributed by atoms with Gasteiger partial charge in [0, 0.05) is 23.5 Å². The smallest absolute Gasteiger partial charge is 0.232 e. The molecule has 0 radical (unpaired) electrons. The molecule has 0 aromatic heterocycles. The molecule has 1 aliphatic heterocycles. The molecule has 1 N–H and O–H groups in total. The highest BCUT2D eigenvalue weighted by Crippen LogP contribution is 2.21. The number of nitrogens with zero attached hydrogens (tertiary/aromatic N) is 3. The maximum atomic E-state index is 13.5. The predicted octanol–water partition coefficient (Wildman–Crippen LogP) is 6.76. The molecule has 3 aromatic carbocycles. The van der Waals surface area contributed by atoms with E-state index in [4.69, 9.17) is 9.98 Å². The first kappa shape index (κ1) is 22.2. The zero-order chi connectivity index (χ0) is 23.2. The summed E-state index contributed by atoms with van der Waals surface area (Å²) in [5.74, 6) is 0.958. The maximum absolute atomic E-state index is 13.5. The molecule has 0 unspecified atom stereocenters. The standard InChI is InChI=1S/C28H27FN4/c1-20-10-9-11-21(2)26(20)27(30-25-17-15-23(29)16-18-25)32-28(31-24-13-5-4-6-14-24)33-19-8-7-12-22(33)3/h4-18H,19H2,1-3H3,(H,30,31,32). The Morgan fingerprint density at radius 3 is 2.24 bits per heavy atom. The van der Waals surface area contributed by atoms with Gasteiger partial charge in [0.1, 0.15) is 11.7 Å². The number of hydrogen-bond acceptors (Lipinski definition) is 1. The van der Waals surface area contributed by atoms with Crippen LogP contribution in [-0.2, 0) is 0 Å². The highest BCUT2D eigenvalue weighted by Gasteiger charge is 2.18. The van der Waals surface area contributed by atoms with Gasteiger partial charge in [-0.1, -0.05) is 48.6 Å². The number of benzene rings is 3. The van der Waals surface area contributed by atoms with E-state index in [0.717, 1.165) is 33.8 Å². The maximum Gasteiger partial charge on any atom is 0.232 e. The largest absolute Gasteiger partial charge is 0.340 e. The summed E-state index contributed by atoms with van der Waals surface area (Å²) in [6.45, 7) is 6.85. The zero-order valence-electron chi connectivity index (χ0n) is 19.1. The van der Waals surface area contributed by atoms with Gasteiger partial charge in [-0.2, -0.15) is 4.99 Å². The third-order valence-corrected chi connectivity index (χ3v) is 5.45. The van der Waals surface area contributed by atoms with Gasteiger partial charge in [-0.15, -0.1) is 0 Å². The normalized spacial score (nSPS) is 14.3. The minimum Gasteiger partial charge on any atom is -0.340 e. The lowest BCUT2D eigenvalue weighted by Crippen LogP contribution is -2.31. The molecular formula is C28H27FN4. The van der Waals surface area contributed by atoms with Gasteiger partial charge < -0.3 is 10.2 Å². The van der Waals surface area contributed by atoms with Crippen LogP contribution in [0.15, 0.2) is 107 Å². The van der Waals surface area contributed by atoms with E-state index >= 15 is 0 Å². The number of hydrogen-bond donors (Lipinski definition) is 1. The first-order chi connectivity index (χ1) is 16.0. The van der Waals surface area contributed by atoms with Gasteiger partial charge >= 0.3 is 0 Å². The fourth-order valence-electron chi connectivity index (χ4n) is 3.71. The van der Waals surface area contributed by atoms with Gasteiger partial charge in [-0.05, 0) is 74.4 Å². The number of aliphatic imine (C=N–C) groups is 2. The summed E-state index contributed by atoms with van der Waals surface area (Å²) >= 11 is 0. The third kappa shape index (κ3) is 5.44. The second kappa shape index (κ2) is 10.1. The molecule has 0 spiro atoms. The van der Waals surface area contributed by atoms with Crippen LogP contribution in [0.1, 0.15) is 23.6 Å². The minimum atomic E-state index is -0.279. The first-order valence-electron chi connectivity index (χ1n) is 10.9. The Bertz CT molecular complexity index is 1220. The van der Waals surface area contributed by atoms with E-state index in [9.17, 15) is 4.39 Å². The third-order valence-electron chi connectivity index (χ3n) is 5.45. The molecule has 0 saturated heterocycles. The Kier molecular flexibility index (Phi) is 6.79. The molecule has 33 heavy (non-hydrogen) atoms. The van der Waals surface area contributed by atoms with Crippen molar-refractivity contribution in [1.29, 1.82) is 0 Å². The van der Waals surface area contributed by atoms with Crippen LogP contribution in [0.2, 0.25) is 0 Å². The molecule has 166 valence electrons. The SMILES string of the molecule is CC1=CC=CCN1C(N=C(Nc1ccc(F)cc1)c1c(C)cccc1C)=Nc1ccccc1. The average Bonchev–Trinajstić information content (AvgIpc) is 2.81. The predicted molar refractivity (Wildman–Crippen MR) is 136 cm³/mol. The van der Waals surface area contributed by atoms with Crippen LogP contribution in [-0.4, -0.2) is 23.2 Å². The van der Waals surface area contributed by atoms with Gasteiger partial charge in [-0.3, -0.25) is 0 Å². The van der Waals surface area contributed by atoms with E-state index in [1.165, 1.54) is 12.1 Å². The summed E-state index contributed by atoms with van der Waals surface area (Å²) < 4.78 is 13.5. The van der Waals surface area contributed by atoms with Crippen LogP contribution < -0.4 is 5.32 Å². The summed E-state index contributed by atoms with van der Waals surface area (Å²) in [4.78, 5) is 12.0. The molecule has 0 aliphatic carbocycles. The highest BCUT2D eigenvalue weighted by atomic mass is 19.1. The number of rotatable bonds is 3. The number of allylic oxidation sites excluding steroid dienone is 3. The van der Waals surface area contributed by atoms with E-state index in [1.54, 1.807) is 12.1 Å². The van der Waals surface area contributed by atoms with Crippen molar-refractivity contribution in [2.45, 2.75) is 20.8 Å². The second-order valence-corrected chi connectivity index (χ2v) is 7.95. The van der Waals surface area contributed by atoms with Crippen molar-refractivity contribution in [2.24, 2.45) is 9.98 Å². The van der Waals surface area contributed by atoms with Crippen LogP contribution in [0, 0.1) is 19.7 Å². The van der Waals surface area contributed by atoms with Crippen LogP contribution >= 0.6 is 0 Å². The Hall–Kier alpha value is -3.99. The van der Waals surface area contributed by atoms with Crippen LogP contribution in [0.3, 0.4) is 0 Å². The Labute approximate surface area is 194 Å².